The van der Waals surface area contributed by atoms with Gasteiger partial charge in [0.2, 0.25) is 0 Å². The van der Waals surface area contributed by atoms with Gasteiger partial charge in [-0.25, -0.2) is 0 Å². The summed E-state index contributed by atoms with van der Waals surface area (Å²) in [6.45, 7) is 0. The van der Waals surface area contributed by atoms with Gasteiger partial charge in [0.1, 0.15) is 0 Å². The molecule has 2 N–H and O–H groups in total. The molecule has 0 saturated heterocycles. The van der Waals surface area contributed by atoms with Crippen LogP contribution in [0.15, 0.2) is 0 Å². The van der Waals surface area contributed by atoms with Crippen molar-refractivity contribution in [2.45, 2.75) is 44.1 Å². The summed E-state index contributed by atoms with van der Waals surface area (Å²) in [4.78, 5) is 0. The molecule has 4 saturated carbocycles. The first-order valence-corrected chi connectivity index (χ1v) is 5.02. The zero-order valence-corrected chi connectivity index (χ0v) is 7.05. The van der Waals surface area contributed by atoms with Crippen LogP contribution in [0.2, 0.25) is 0 Å². The summed E-state index contributed by atoms with van der Waals surface area (Å²) >= 11 is 0. The van der Waals surface area contributed by atoms with Crippen LogP contribution >= 0.6 is 0 Å². The molecular formula is C10H18LiN. The van der Waals surface area contributed by atoms with Crippen LogP contribution in [-0.2, 0) is 0 Å². The van der Waals surface area contributed by atoms with Gasteiger partial charge in [0.15, 0.2) is 0 Å². The Morgan fingerprint density at radius 1 is 0.833 bits per heavy atom. The molecule has 0 heterocycles. The van der Waals surface area contributed by atoms with Crippen molar-refractivity contribution in [3.63, 3.8) is 0 Å². The Labute approximate surface area is 86.6 Å². The third-order valence-electron chi connectivity index (χ3n) is 4.09. The van der Waals surface area contributed by atoms with Crippen LogP contribution in [0.5, 0.6) is 0 Å². The molecule has 0 aliphatic heterocycles. The van der Waals surface area contributed by atoms with E-state index in [0.717, 1.165) is 17.8 Å². The van der Waals surface area contributed by atoms with Crippen molar-refractivity contribution in [1.29, 1.82) is 0 Å². The SMILES string of the molecule is NC12CC3CC(CC(C3)C1)C2.[LiH]. The predicted octanol–water partition coefficient (Wildman–Crippen LogP) is 1.27. The van der Waals surface area contributed by atoms with Gasteiger partial charge < -0.3 is 5.73 Å². The Morgan fingerprint density at radius 2 is 1.17 bits per heavy atom. The maximum absolute atomic E-state index is 6.32. The molecular weight excluding hydrogens is 141 g/mol. The van der Waals surface area contributed by atoms with E-state index in [2.05, 4.69) is 0 Å². The summed E-state index contributed by atoms with van der Waals surface area (Å²) in [6.07, 6.45) is 8.57. The quantitative estimate of drug-likeness (QED) is 0.529. The number of nitrogens with two attached hydrogens (primary N) is 1. The predicted molar refractivity (Wildman–Crippen MR) is 52.2 cm³/mol. The molecule has 64 valence electrons. The van der Waals surface area contributed by atoms with E-state index in [-0.39, 0.29) is 18.9 Å². The van der Waals surface area contributed by atoms with E-state index in [1.807, 2.05) is 0 Å². The van der Waals surface area contributed by atoms with Crippen LogP contribution < -0.4 is 5.73 Å². The summed E-state index contributed by atoms with van der Waals surface area (Å²) in [5, 5.41) is 0. The van der Waals surface area contributed by atoms with Crippen LogP contribution in [0.4, 0.5) is 0 Å². The summed E-state index contributed by atoms with van der Waals surface area (Å²) in [5.41, 5.74) is 6.62. The second-order valence-corrected chi connectivity index (χ2v) is 5.28. The number of hydrogen-bond donors (Lipinski definition) is 1. The topological polar surface area (TPSA) is 26.0 Å². The number of rotatable bonds is 0. The maximum atomic E-state index is 6.32. The molecule has 4 bridgehead atoms. The van der Waals surface area contributed by atoms with Crippen molar-refractivity contribution >= 4 is 18.9 Å². The van der Waals surface area contributed by atoms with Crippen LogP contribution in [0, 0.1) is 17.8 Å². The molecule has 4 rings (SSSR count). The molecule has 0 spiro atoms. The van der Waals surface area contributed by atoms with Crippen molar-refractivity contribution in [3.05, 3.63) is 0 Å². The molecule has 0 aromatic rings. The minimum absolute atomic E-state index is 0. The average molecular weight is 159 g/mol. The molecule has 0 amide bonds. The molecule has 0 aromatic heterocycles. The second kappa shape index (κ2) is 2.77. The fraction of sp³-hybridized carbons (Fsp3) is 1.00. The first-order valence-electron chi connectivity index (χ1n) is 5.02. The van der Waals surface area contributed by atoms with Crippen LogP contribution in [-0.4, -0.2) is 24.4 Å². The molecule has 4 aliphatic carbocycles. The third-order valence-corrected chi connectivity index (χ3v) is 4.09. The van der Waals surface area contributed by atoms with Gasteiger partial charge >= 0.3 is 18.9 Å². The molecule has 0 atom stereocenters. The Morgan fingerprint density at radius 3 is 1.42 bits per heavy atom. The molecule has 1 nitrogen and oxygen atoms in total. The summed E-state index contributed by atoms with van der Waals surface area (Å²) in [5.74, 6) is 3.06. The fourth-order valence-electron chi connectivity index (χ4n) is 4.18. The van der Waals surface area contributed by atoms with Crippen molar-refractivity contribution in [2.75, 3.05) is 0 Å². The Kier molecular flexibility index (Phi) is 2.11. The normalized spacial score (nSPS) is 55.2. The van der Waals surface area contributed by atoms with Crippen molar-refractivity contribution in [2.24, 2.45) is 23.5 Å². The van der Waals surface area contributed by atoms with E-state index in [0.29, 0.717) is 5.54 Å². The second-order valence-electron chi connectivity index (χ2n) is 5.28. The van der Waals surface area contributed by atoms with E-state index in [1.54, 1.807) is 0 Å². The van der Waals surface area contributed by atoms with Gasteiger partial charge in [0.05, 0.1) is 0 Å². The zero-order valence-electron chi connectivity index (χ0n) is 7.05. The van der Waals surface area contributed by atoms with E-state index in [4.69, 9.17) is 5.73 Å². The van der Waals surface area contributed by atoms with Crippen LogP contribution in [0.25, 0.3) is 0 Å². The molecule has 0 unspecified atom stereocenters. The Bertz CT molecular complexity index is 155. The molecule has 12 heavy (non-hydrogen) atoms. The van der Waals surface area contributed by atoms with Gasteiger partial charge in [0, 0.05) is 5.54 Å². The van der Waals surface area contributed by atoms with Gasteiger partial charge in [-0.2, -0.15) is 0 Å². The van der Waals surface area contributed by atoms with Crippen LogP contribution in [0.1, 0.15) is 38.5 Å². The van der Waals surface area contributed by atoms with Gasteiger partial charge in [-0.1, -0.05) is 0 Å². The van der Waals surface area contributed by atoms with E-state index < -0.39 is 0 Å². The van der Waals surface area contributed by atoms with Gasteiger partial charge in [-0.05, 0) is 56.3 Å². The summed E-state index contributed by atoms with van der Waals surface area (Å²) in [7, 11) is 0. The Hall–Kier alpha value is 0.557. The van der Waals surface area contributed by atoms with Crippen molar-refractivity contribution in [1.82, 2.24) is 0 Å². The van der Waals surface area contributed by atoms with E-state index >= 15 is 0 Å². The average Bonchev–Trinajstić information content (AvgIpc) is 1.79. The van der Waals surface area contributed by atoms with Crippen molar-refractivity contribution < 1.29 is 0 Å². The standard InChI is InChI=1S/C10H17N.Li.H/c11-10-4-7-1-8(5-10)3-9(2-7)6-10;;/h7-9H,1-6,11H2;;. The summed E-state index contributed by atoms with van der Waals surface area (Å²) < 4.78 is 0. The molecule has 2 heteroatoms. The van der Waals surface area contributed by atoms with Gasteiger partial charge in [0.25, 0.3) is 0 Å². The Balaban J connectivity index is 0.000000563. The first kappa shape index (κ1) is 9.13. The fourth-order valence-corrected chi connectivity index (χ4v) is 4.18. The molecule has 0 aromatic carbocycles. The monoisotopic (exact) mass is 159 g/mol. The first-order chi connectivity index (χ1) is 5.23. The van der Waals surface area contributed by atoms with Gasteiger partial charge in [-0.3, -0.25) is 0 Å². The minimum atomic E-state index is 0. The third kappa shape index (κ3) is 1.27. The van der Waals surface area contributed by atoms with Crippen LogP contribution in [0.3, 0.4) is 0 Å². The molecule has 4 aliphatic rings. The van der Waals surface area contributed by atoms with Crippen molar-refractivity contribution in [3.8, 4) is 0 Å². The van der Waals surface area contributed by atoms with E-state index in [1.165, 1.54) is 38.5 Å². The molecule has 4 fully saturated rings. The summed E-state index contributed by atoms with van der Waals surface area (Å²) in [6, 6.07) is 0. The van der Waals surface area contributed by atoms with Gasteiger partial charge in [-0.15, -0.1) is 0 Å². The number of hydrogen-bond acceptors (Lipinski definition) is 1. The zero-order chi connectivity index (χ0) is 7.47. The molecule has 0 radical (unpaired) electrons. The van der Waals surface area contributed by atoms with E-state index in [9.17, 15) is 0 Å².